The van der Waals surface area contributed by atoms with Gasteiger partial charge in [-0.25, -0.2) is 0 Å². The maximum Gasteiger partial charge on any atom is 0.303 e. The molecule has 2 aliphatic carbocycles. The van der Waals surface area contributed by atoms with Gasteiger partial charge in [0.15, 0.2) is 17.6 Å². The Balaban J connectivity index is 1.60. The summed E-state index contributed by atoms with van der Waals surface area (Å²) in [7, 11) is 1.65. The van der Waals surface area contributed by atoms with Gasteiger partial charge in [-0.05, 0) is 63.1 Å². The van der Waals surface area contributed by atoms with E-state index in [4.69, 9.17) is 14.2 Å². The zero-order valence-corrected chi connectivity index (χ0v) is 22.3. The van der Waals surface area contributed by atoms with Crippen LogP contribution in [0.2, 0.25) is 0 Å². The van der Waals surface area contributed by atoms with Crippen molar-refractivity contribution in [1.29, 1.82) is 0 Å². The molecule has 0 bridgehead atoms. The third-order valence-corrected chi connectivity index (χ3v) is 8.80. The third-order valence-electron chi connectivity index (χ3n) is 8.80. The summed E-state index contributed by atoms with van der Waals surface area (Å²) in [4.78, 5) is 27.5. The highest BCUT2D eigenvalue weighted by Gasteiger charge is 2.50. The molecule has 7 nitrogen and oxygen atoms in total. The lowest BCUT2D eigenvalue weighted by atomic mass is 9.72. The van der Waals surface area contributed by atoms with Crippen molar-refractivity contribution in [3.8, 4) is 11.5 Å². The maximum absolute atomic E-state index is 13.8. The number of ether oxygens (including phenoxy) is 3. The molecule has 4 atom stereocenters. The first-order valence-corrected chi connectivity index (χ1v) is 13.7. The van der Waals surface area contributed by atoms with Crippen molar-refractivity contribution >= 4 is 11.9 Å². The van der Waals surface area contributed by atoms with E-state index in [-0.39, 0.29) is 23.8 Å². The SMILES string of the molecule is COc1ccc([C@@H]2CN(C(=O)[C@H](OC(C)=O)C3CCCCC3)C[C@@]2(C)[C@@H](C)O)cc1OC1CCCC1. The minimum atomic E-state index is -0.753. The maximum atomic E-state index is 13.8. The highest BCUT2D eigenvalue weighted by Crippen LogP contribution is 2.47. The molecule has 1 heterocycles. The van der Waals surface area contributed by atoms with Crippen LogP contribution in [0.25, 0.3) is 0 Å². The lowest BCUT2D eigenvalue weighted by Gasteiger charge is -2.34. The number of esters is 1. The van der Waals surface area contributed by atoms with Gasteiger partial charge in [0.25, 0.3) is 5.91 Å². The topological polar surface area (TPSA) is 85.3 Å². The molecule has 3 fully saturated rings. The second kappa shape index (κ2) is 11.4. The number of likely N-dealkylation sites (tertiary alicyclic amines) is 1. The minimum Gasteiger partial charge on any atom is -0.493 e. The van der Waals surface area contributed by atoms with Crippen LogP contribution in [0.15, 0.2) is 18.2 Å². The molecule has 0 spiro atoms. The molecule has 1 saturated heterocycles. The van der Waals surface area contributed by atoms with Crippen molar-refractivity contribution in [2.45, 2.75) is 103 Å². The van der Waals surface area contributed by atoms with E-state index >= 15 is 0 Å². The van der Waals surface area contributed by atoms with Crippen LogP contribution in [0.1, 0.15) is 90.0 Å². The van der Waals surface area contributed by atoms with Crippen LogP contribution < -0.4 is 9.47 Å². The van der Waals surface area contributed by atoms with Crippen LogP contribution >= 0.6 is 0 Å². The standard InChI is InChI=1S/C29H43NO6/c1-19(31)29(3)18-30(28(33)27(35-20(2)32)21-10-6-5-7-11-21)17-24(29)22-14-15-25(34-4)26(16-22)36-23-12-8-9-13-23/h14-16,19,21,23-24,27,31H,5-13,17-18H2,1-4H3/t19-,24+,27-,29+/m1/s1. The van der Waals surface area contributed by atoms with Gasteiger partial charge in [0.2, 0.25) is 0 Å². The average molecular weight is 502 g/mol. The van der Waals surface area contributed by atoms with Crippen molar-refractivity contribution in [3.63, 3.8) is 0 Å². The first kappa shape index (κ1) is 26.8. The van der Waals surface area contributed by atoms with Crippen LogP contribution in [-0.2, 0) is 14.3 Å². The van der Waals surface area contributed by atoms with Crippen molar-refractivity contribution in [2.75, 3.05) is 20.2 Å². The fourth-order valence-electron chi connectivity index (χ4n) is 6.42. The van der Waals surface area contributed by atoms with Gasteiger partial charge >= 0.3 is 5.97 Å². The smallest absolute Gasteiger partial charge is 0.303 e. The fourth-order valence-corrected chi connectivity index (χ4v) is 6.42. The number of aliphatic hydroxyl groups is 1. The number of aliphatic hydroxyl groups excluding tert-OH is 1. The van der Waals surface area contributed by atoms with Gasteiger partial charge < -0.3 is 24.2 Å². The number of nitrogens with zero attached hydrogens (tertiary/aromatic N) is 1. The molecule has 0 radical (unpaired) electrons. The van der Waals surface area contributed by atoms with Crippen LogP contribution in [0, 0.1) is 11.3 Å². The Kier molecular flexibility index (Phi) is 8.48. The van der Waals surface area contributed by atoms with E-state index in [0.29, 0.717) is 18.8 Å². The van der Waals surface area contributed by atoms with Gasteiger partial charge in [0, 0.05) is 37.3 Å². The number of carbonyl (C=O) groups is 2. The predicted octanol–water partition coefficient (Wildman–Crippen LogP) is 4.84. The molecule has 0 unspecified atom stereocenters. The molecule has 1 aromatic carbocycles. The van der Waals surface area contributed by atoms with Crippen LogP contribution in [-0.4, -0.2) is 60.4 Å². The molecule has 1 aliphatic heterocycles. The lowest BCUT2D eigenvalue weighted by Crippen LogP contribution is -2.46. The minimum absolute atomic E-state index is 0.0550. The summed E-state index contributed by atoms with van der Waals surface area (Å²) in [5.41, 5.74) is 0.464. The van der Waals surface area contributed by atoms with Crippen LogP contribution in [0.3, 0.4) is 0 Å². The van der Waals surface area contributed by atoms with E-state index in [9.17, 15) is 14.7 Å². The molecular formula is C29H43NO6. The Labute approximate surface area is 215 Å². The number of hydrogen-bond donors (Lipinski definition) is 1. The monoisotopic (exact) mass is 501 g/mol. The second-order valence-corrected chi connectivity index (χ2v) is 11.3. The Morgan fingerprint density at radius 2 is 1.72 bits per heavy atom. The molecule has 1 aromatic rings. The fraction of sp³-hybridized carbons (Fsp3) is 0.724. The quantitative estimate of drug-likeness (QED) is 0.513. The van der Waals surface area contributed by atoms with E-state index in [1.165, 1.54) is 19.8 Å². The van der Waals surface area contributed by atoms with E-state index in [1.54, 1.807) is 18.9 Å². The molecule has 4 rings (SSSR count). The van der Waals surface area contributed by atoms with E-state index < -0.39 is 23.6 Å². The summed E-state index contributed by atoms with van der Waals surface area (Å²) < 4.78 is 17.5. The normalized spacial score (nSPS) is 27.0. The van der Waals surface area contributed by atoms with Gasteiger partial charge in [-0.3, -0.25) is 9.59 Å². The Hall–Kier alpha value is -2.28. The molecule has 3 aliphatic rings. The predicted molar refractivity (Wildman–Crippen MR) is 137 cm³/mol. The molecule has 2 saturated carbocycles. The van der Waals surface area contributed by atoms with Crippen molar-refractivity contribution < 1.29 is 28.9 Å². The summed E-state index contributed by atoms with van der Waals surface area (Å²) >= 11 is 0. The van der Waals surface area contributed by atoms with Crippen molar-refractivity contribution in [1.82, 2.24) is 4.90 Å². The summed E-state index contributed by atoms with van der Waals surface area (Å²) in [5.74, 6) is 0.823. The summed E-state index contributed by atoms with van der Waals surface area (Å²) in [6, 6.07) is 5.97. The number of benzene rings is 1. The summed E-state index contributed by atoms with van der Waals surface area (Å²) in [6.45, 7) is 6.08. The Morgan fingerprint density at radius 3 is 2.33 bits per heavy atom. The van der Waals surface area contributed by atoms with Crippen LogP contribution in [0.5, 0.6) is 11.5 Å². The van der Waals surface area contributed by atoms with Crippen molar-refractivity contribution in [2.24, 2.45) is 11.3 Å². The van der Waals surface area contributed by atoms with Gasteiger partial charge in [-0.2, -0.15) is 0 Å². The summed E-state index contributed by atoms with van der Waals surface area (Å²) in [5, 5.41) is 10.9. The molecule has 36 heavy (non-hydrogen) atoms. The average Bonchev–Trinajstić information content (AvgIpc) is 3.51. The Bertz CT molecular complexity index is 920. The number of rotatable bonds is 8. The van der Waals surface area contributed by atoms with Crippen LogP contribution in [0.4, 0.5) is 0 Å². The largest absolute Gasteiger partial charge is 0.493 e. The highest BCUT2D eigenvalue weighted by atomic mass is 16.5. The third kappa shape index (κ3) is 5.66. The lowest BCUT2D eigenvalue weighted by molar-refractivity contribution is -0.163. The zero-order valence-electron chi connectivity index (χ0n) is 22.3. The second-order valence-electron chi connectivity index (χ2n) is 11.3. The zero-order chi connectivity index (χ0) is 25.9. The molecule has 1 N–H and O–H groups in total. The van der Waals surface area contributed by atoms with Gasteiger partial charge in [0.1, 0.15) is 0 Å². The number of hydrogen-bond acceptors (Lipinski definition) is 6. The molecule has 200 valence electrons. The summed E-state index contributed by atoms with van der Waals surface area (Å²) in [6.07, 6.45) is 8.31. The van der Waals surface area contributed by atoms with Gasteiger partial charge in [0.05, 0.1) is 19.3 Å². The van der Waals surface area contributed by atoms with E-state index in [0.717, 1.165) is 56.3 Å². The first-order valence-electron chi connectivity index (χ1n) is 13.7. The Morgan fingerprint density at radius 1 is 1.06 bits per heavy atom. The number of amides is 1. The van der Waals surface area contributed by atoms with Gasteiger partial charge in [-0.1, -0.05) is 32.3 Å². The molecule has 7 heteroatoms. The van der Waals surface area contributed by atoms with E-state index in [1.807, 2.05) is 25.1 Å². The van der Waals surface area contributed by atoms with Crippen molar-refractivity contribution in [3.05, 3.63) is 23.8 Å². The van der Waals surface area contributed by atoms with E-state index in [2.05, 4.69) is 0 Å². The number of carbonyl (C=O) groups excluding carboxylic acids is 2. The number of methoxy groups -OCH3 is 1. The highest BCUT2D eigenvalue weighted by molar-refractivity contribution is 5.84. The molecule has 0 aromatic heterocycles. The first-order chi connectivity index (χ1) is 17.2. The molecular weight excluding hydrogens is 458 g/mol. The van der Waals surface area contributed by atoms with Gasteiger partial charge in [-0.15, -0.1) is 0 Å². The molecule has 1 amide bonds.